The molecule has 0 amide bonds. The minimum Gasteiger partial charge on any atom is -0.381 e. The molecule has 1 rings (SSSR count). The van der Waals surface area contributed by atoms with Gasteiger partial charge in [-0.1, -0.05) is 13.3 Å². The Balaban J connectivity index is 1.85. The van der Waals surface area contributed by atoms with Crippen molar-refractivity contribution in [3.8, 4) is 0 Å². The Morgan fingerprint density at radius 3 is 2.71 bits per heavy atom. The Labute approximate surface area is 103 Å². The standard InChI is InChI=1S/C13H25F2NO/c1-2-3-8-17-9-4-7-16-11-12-5-6-13(14,15)10-12/h12,16H,2-11H2,1H3. The number of halogens is 2. The summed E-state index contributed by atoms with van der Waals surface area (Å²) in [6.45, 7) is 5.35. The molecule has 1 fully saturated rings. The van der Waals surface area contributed by atoms with Gasteiger partial charge in [0.1, 0.15) is 0 Å². The quantitative estimate of drug-likeness (QED) is 0.633. The van der Waals surface area contributed by atoms with Crippen LogP contribution in [0.15, 0.2) is 0 Å². The molecule has 1 saturated carbocycles. The normalized spacial score (nSPS) is 23.1. The largest absolute Gasteiger partial charge is 0.381 e. The van der Waals surface area contributed by atoms with Gasteiger partial charge in [0.15, 0.2) is 0 Å². The van der Waals surface area contributed by atoms with Gasteiger partial charge >= 0.3 is 0 Å². The molecule has 1 N–H and O–H groups in total. The molecule has 1 atom stereocenters. The molecule has 17 heavy (non-hydrogen) atoms. The van der Waals surface area contributed by atoms with Gasteiger partial charge in [0, 0.05) is 26.1 Å². The zero-order valence-corrected chi connectivity index (χ0v) is 10.8. The first-order chi connectivity index (χ1) is 8.14. The number of unbranched alkanes of at least 4 members (excludes halogenated alkanes) is 1. The van der Waals surface area contributed by atoms with E-state index in [9.17, 15) is 8.78 Å². The summed E-state index contributed by atoms with van der Waals surface area (Å²) in [4.78, 5) is 0. The van der Waals surface area contributed by atoms with Crippen LogP contribution in [-0.2, 0) is 4.74 Å². The van der Waals surface area contributed by atoms with Crippen LogP contribution in [0.1, 0.15) is 45.4 Å². The minimum absolute atomic E-state index is 0.0625. The van der Waals surface area contributed by atoms with Crippen molar-refractivity contribution in [2.24, 2.45) is 5.92 Å². The number of nitrogens with one attached hydrogen (secondary N) is 1. The fourth-order valence-electron chi connectivity index (χ4n) is 2.17. The summed E-state index contributed by atoms with van der Waals surface area (Å²) in [5, 5.41) is 3.24. The predicted molar refractivity (Wildman–Crippen MR) is 65.5 cm³/mol. The lowest BCUT2D eigenvalue weighted by Gasteiger charge is -2.11. The average molecular weight is 249 g/mol. The predicted octanol–water partition coefficient (Wildman–Crippen LogP) is 3.22. The van der Waals surface area contributed by atoms with Crippen molar-refractivity contribution in [2.45, 2.75) is 51.4 Å². The van der Waals surface area contributed by atoms with Crippen molar-refractivity contribution in [2.75, 3.05) is 26.3 Å². The monoisotopic (exact) mass is 249 g/mol. The van der Waals surface area contributed by atoms with Gasteiger partial charge in [0.2, 0.25) is 5.92 Å². The molecule has 1 aliphatic rings. The summed E-state index contributed by atoms with van der Waals surface area (Å²) >= 11 is 0. The lowest BCUT2D eigenvalue weighted by atomic mass is 10.1. The van der Waals surface area contributed by atoms with Crippen LogP contribution in [0.4, 0.5) is 8.78 Å². The zero-order valence-electron chi connectivity index (χ0n) is 10.8. The van der Waals surface area contributed by atoms with E-state index >= 15 is 0 Å². The second kappa shape index (κ2) is 7.98. The molecule has 0 aromatic carbocycles. The number of ether oxygens (including phenoxy) is 1. The average Bonchev–Trinajstić information content (AvgIpc) is 2.62. The van der Waals surface area contributed by atoms with Crippen LogP contribution in [0.5, 0.6) is 0 Å². The minimum atomic E-state index is -2.41. The Morgan fingerprint density at radius 2 is 2.06 bits per heavy atom. The number of hydrogen-bond donors (Lipinski definition) is 1. The maximum absolute atomic E-state index is 12.9. The molecule has 102 valence electrons. The van der Waals surface area contributed by atoms with Gasteiger partial charge in [-0.05, 0) is 38.3 Å². The van der Waals surface area contributed by atoms with Crippen LogP contribution in [-0.4, -0.2) is 32.2 Å². The number of rotatable bonds is 9. The Hall–Kier alpha value is -0.220. The molecule has 2 nitrogen and oxygen atoms in total. The highest BCUT2D eigenvalue weighted by Crippen LogP contribution is 2.38. The van der Waals surface area contributed by atoms with Crippen LogP contribution < -0.4 is 5.32 Å². The van der Waals surface area contributed by atoms with E-state index in [2.05, 4.69) is 12.2 Å². The molecule has 0 saturated heterocycles. The molecule has 0 radical (unpaired) electrons. The van der Waals surface area contributed by atoms with Crippen molar-refractivity contribution in [1.29, 1.82) is 0 Å². The highest BCUT2D eigenvalue weighted by molar-refractivity contribution is 4.82. The van der Waals surface area contributed by atoms with Gasteiger partial charge in [-0.25, -0.2) is 8.78 Å². The van der Waals surface area contributed by atoms with Crippen molar-refractivity contribution < 1.29 is 13.5 Å². The van der Waals surface area contributed by atoms with E-state index in [0.29, 0.717) is 6.42 Å². The third-order valence-corrected chi connectivity index (χ3v) is 3.22. The van der Waals surface area contributed by atoms with Gasteiger partial charge in [0.05, 0.1) is 0 Å². The molecule has 0 spiro atoms. The molecule has 1 unspecified atom stereocenters. The fourth-order valence-corrected chi connectivity index (χ4v) is 2.17. The summed E-state index contributed by atoms with van der Waals surface area (Å²) < 4.78 is 31.2. The lowest BCUT2D eigenvalue weighted by Crippen LogP contribution is -2.24. The molecular formula is C13H25F2NO. The zero-order chi connectivity index (χ0) is 12.6. The van der Waals surface area contributed by atoms with Gasteiger partial charge in [-0.2, -0.15) is 0 Å². The van der Waals surface area contributed by atoms with Crippen molar-refractivity contribution in [1.82, 2.24) is 5.32 Å². The smallest absolute Gasteiger partial charge is 0.248 e. The summed E-state index contributed by atoms with van der Waals surface area (Å²) in [6, 6.07) is 0. The van der Waals surface area contributed by atoms with Crippen molar-refractivity contribution in [3.05, 3.63) is 0 Å². The highest BCUT2D eigenvalue weighted by Gasteiger charge is 2.38. The molecule has 0 aromatic heterocycles. The van der Waals surface area contributed by atoms with E-state index in [1.807, 2.05) is 0 Å². The first-order valence-corrected chi connectivity index (χ1v) is 6.80. The van der Waals surface area contributed by atoms with Crippen molar-refractivity contribution in [3.63, 3.8) is 0 Å². The molecule has 0 aliphatic heterocycles. The van der Waals surface area contributed by atoms with Crippen LogP contribution in [0, 0.1) is 5.92 Å². The SMILES string of the molecule is CCCCOCCCNCC1CCC(F)(F)C1. The lowest BCUT2D eigenvalue weighted by molar-refractivity contribution is 0.00506. The van der Waals surface area contributed by atoms with E-state index in [1.165, 1.54) is 0 Å². The highest BCUT2D eigenvalue weighted by atomic mass is 19.3. The molecule has 0 aromatic rings. The van der Waals surface area contributed by atoms with E-state index in [0.717, 1.165) is 45.6 Å². The van der Waals surface area contributed by atoms with Gasteiger partial charge in [-0.15, -0.1) is 0 Å². The van der Waals surface area contributed by atoms with Crippen LogP contribution >= 0.6 is 0 Å². The first-order valence-electron chi connectivity index (χ1n) is 6.80. The van der Waals surface area contributed by atoms with Crippen LogP contribution in [0.3, 0.4) is 0 Å². The van der Waals surface area contributed by atoms with Crippen LogP contribution in [0.2, 0.25) is 0 Å². The van der Waals surface area contributed by atoms with Gasteiger partial charge in [-0.3, -0.25) is 0 Å². The topological polar surface area (TPSA) is 21.3 Å². The Bertz CT molecular complexity index is 200. The number of hydrogen-bond acceptors (Lipinski definition) is 2. The summed E-state index contributed by atoms with van der Waals surface area (Å²) in [5.41, 5.74) is 0. The second-order valence-corrected chi connectivity index (χ2v) is 4.99. The summed E-state index contributed by atoms with van der Waals surface area (Å²) in [5.74, 6) is -2.25. The maximum atomic E-state index is 12.9. The fraction of sp³-hybridized carbons (Fsp3) is 1.00. The van der Waals surface area contributed by atoms with E-state index in [-0.39, 0.29) is 18.8 Å². The van der Waals surface area contributed by atoms with Crippen LogP contribution in [0.25, 0.3) is 0 Å². The first kappa shape index (κ1) is 14.8. The summed E-state index contributed by atoms with van der Waals surface area (Å²) in [6.07, 6.45) is 4.03. The van der Waals surface area contributed by atoms with Crippen molar-refractivity contribution >= 4 is 0 Å². The molecule has 0 bridgehead atoms. The Morgan fingerprint density at radius 1 is 1.29 bits per heavy atom. The molecule has 1 aliphatic carbocycles. The third-order valence-electron chi connectivity index (χ3n) is 3.22. The van der Waals surface area contributed by atoms with Gasteiger partial charge in [0.25, 0.3) is 0 Å². The van der Waals surface area contributed by atoms with E-state index in [1.54, 1.807) is 0 Å². The Kier molecular flexibility index (Phi) is 6.97. The third kappa shape index (κ3) is 6.94. The molecule has 4 heteroatoms. The van der Waals surface area contributed by atoms with Gasteiger partial charge < -0.3 is 10.1 Å². The van der Waals surface area contributed by atoms with E-state index in [4.69, 9.17) is 4.74 Å². The second-order valence-electron chi connectivity index (χ2n) is 4.99. The summed E-state index contributed by atoms with van der Waals surface area (Å²) in [7, 11) is 0. The maximum Gasteiger partial charge on any atom is 0.248 e. The molecule has 0 heterocycles. The van der Waals surface area contributed by atoms with E-state index < -0.39 is 5.92 Å². The molecular weight excluding hydrogens is 224 g/mol. The number of alkyl halides is 2.